The van der Waals surface area contributed by atoms with Gasteiger partial charge in [-0.3, -0.25) is 0 Å². The highest BCUT2D eigenvalue weighted by Crippen LogP contribution is 2.28. The molecule has 2 rings (SSSR count). The van der Waals surface area contributed by atoms with Crippen LogP contribution >= 0.6 is 27.7 Å². The van der Waals surface area contributed by atoms with Gasteiger partial charge in [0.15, 0.2) is 5.16 Å². The summed E-state index contributed by atoms with van der Waals surface area (Å²) in [4.78, 5) is 12.9. The maximum absolute atomic E-state index is 4.97. The van der Waals surface area contributed by atoms with Crippen molar-refractivity contribution in [2.24, 2.45) is 0 Å². The summed E-state index contributed by atoms with van der Waals surface area (Å²) in [5, 5.41) is 4.79. The van der Waals surface area contributed by atoms with Gasteiger partial charge in [0.1, 0.15) is 5.03 Å². The highest BCUT2D eigenvalue weighted by atomic mass is 79.9. The fraction of sp³-hybridized carbons (Fsp3) is 0.308. The van der Waals surface area contributed by atoms with E-state index in [9.17, 15) is 0 Å². The van der Waals surface area contributed by atoms with Crippen molar-refractivity contribution in [1.29, 1.82) is 0 Å². The maximum atomic E-state index is 4.97. The predicted molar refractivity (Wildman–Crippen MR) is 81.7 cm³/mol. The molecule has 2 heterocycles. The average molecular weight is 355 g/mol. The summed E-state index contributed by atoms with van der Waals surface area (Å²) in [5.41, 5.74) is 1.05. The van der Waals surface area contributed by atoms with Crippen molar-refractivity contribution < 1.29 is 4.74 Å². The molecular weight excluding hydrogens is 340 g/mol. The zero-order valence-electron chi connectivity index (χ0n) is 11.0. The van der Waals surface area contributed by atoms with E-state index in [-0.39, 0.29) is 0 Å². The third-order valence-electron chi connectivity index (χ3n) is 2.41. The third kappa shape index (κ3) is 4.82. The fourth-order valence-electron chi connectivity index (χ4n) is 1.43. The van der Waals surface area contributed by atoms with Crippen LogP contribution in [0.2, 0.25) is 0 Å². The van der Waals surface area contributed by atoms with Gasteiger partial charge in [-0.2, -0.15) is 0 Å². The Kier molecular flexibility index (Phi) is 6.38. The van der Waals surface area contributed by atoms with Crippen molar-refractivity contribution in [3.63, 3.8) is 0 Å². The van der Waals surface area contributed by atoms with E-state index in [2.05, 4.69) is 36.2 Å². The molecule has 20 heavy (non-hydrogen) atoms. The van der Waals surface area contributed by atoms with Crippen LogP contribution < -0.4 is 5.32 Å². The van der Waals surface area contributed by atoms with Gasteiger partial charge in [-0.1, -0.05) is 0 Å². The Bertz CT molecular complexity index is 538. The van der Waals surface area contributed by atoms with E-state index >= 15 is 0 Å². The Morgan fingerprint density at radius 3 is 2.80 bits per heavy atom. The molecular formula is C13H15BrN4OS. The summed E-state index contributed by atoms with van der Waals surface area (Å²) in [7, 11) is 1.69. The van der Waals surface area contributed by atoms with Gasteiger partial charge in [0.05, 0.1) is 11.1 Å². The smallest absolute Gasteiger partial charge is 0.193 e. The molecule has 0 radical (unpaired) electrons. The van der Waals surface area contributed by atoms with Crippen LogP contribution in [0.3, 0.4) is 0 Å². The number of hydrogen-bond acceptors (Lipinski definition) is 6. The Balaban J connectivity index is 1.90. The summed E-state index contributed by atoms with van der Waals surface area (Å²) < 4.78 is 5.91. The normalized spacial score (nSPS) is 10.7. The van der Waals surface area contributed by atoms with E-state index < -0.39 is 0 Å². The van der Waals surface area contributed by atoms with Gasteiger partial charge in [-0.05, 0) is 39.8 Å². The summed E-state index contributed by atoms with van der Waals surface area (Å²) in [5.74, 6) is 0. The molecule has 0 unspecified atom stereocenters. The van der Waals surface area contributed by atoms with Crippen LogP contribution in [0.15, 0.2) is 45.4 Å². The standard InChI is InChI=1S/C13H15BrN4OS/c1-19-6-5-15-7-10-8-17-13(18-9-10)20-12-11(14)3-2-4-16-12/h2-4,8-9,15H,5-7H2,1H3. The van der Waals surface area contributed by atoms with Gasteiger partial charge in [-0.25, -0.2) is 15.0 Å². The fourth-order valence-corrected chi connectivity index (χ4v) is 2.59. The zero-order chi connectivity index (χ0) is 14.2. The van der Waals surface area contributed by atoms with Crippen LogP contribution in [-0.2, 0) is 11.3 Å². The van der Waals surface area contributed by atoms with E-state index in [0.717, 1.165) is 28.2 Å². The zero-order valence-corrected chi connectivity index (χ0v) is 13.4. The van der Waals surface area contributed by atoms with Gasteiger partial charge in [-0.15, -0.1) is 0 Å². The lowest BCUT2D eigenvalue weighted by Gasteiger charge is -2.05. The molecule has 0 amide bonds. The van der Waals surface area contributed by atoms with Crippen molar-refractivity contribution in [1.82, 2.24) is 20.3 Å². The number of halogens is 1. The molecule has 1 N–H and O–H groups in total. The molecule has 2 aromatic rings. The van der Waals surface area contributed by atoms with Gasteiger partial charge in [0, 0.05) is 44.4 Å². The lowest BCUT2D eigenvalue weighted by Crippen LogP contribution is -2.18. The molecule has 106 valence electrons. The molecule has 0 spiro atoms. The van der Waals surface area contributed by atoms with E-state index in [1.165, 1.54) is 11.8 Å². The number of pyridine rings is 1. The largest absolute Gasteiger partial charge is 0.383 e. The van der Waals surface area contributed by atoms with Crippen LogP contribution in [0.1, 0.15) is 5.56 Å². The summed E-state index contributed by atoms with van der Waals surface area (Å²) >= 11 is 4.89. The number of methoxy groups -OCH3 is 1. The van der Waals surface area contributed by atoms with Crippen molar-refractivity contribution >= 4 is 27.7 Å². The Morgan fingerprint density at radius 1 is 1.30 bits per heavy atom. The number of hydrogen-bond donors (Lipinski definition) is 1. The number of nitrogens with one attached hydrogen (secondary N) is 1. The van der Waals surface area contributed by atoms with Gasteiger partial charge in [0.25, 0.3) is 0 Å². The topological polar surface area (TPSA) is 59.9 Å². The molecule has 0 atom stereocenters. The first-order valence-corrected chi connectivity index (χ1v) is 7.69. The SMILES string of the molecule is COCCNCc1cnc(Sc2ncccc2Br)nc1. The van der Waals surface area contributed by atoms with Crippen LogP contribution in [0.25, 0.3) is 0 Å². The van der Waals surface area contributed by atoms with Crippen molar-refractivity contribution in [2.75, 3.05) is 20.3 Å². The predicted octanol–water partition coefficient (Wildman–Crippen LogP) is 2.52. The molecule has 0 aromatic carbocycles. The minimum absolute atomic E-state index is 0.685. The second-order valence-corrected chi connectivity index (χ2v) is 5.75. The summed E-state index contributed by atoms with van der Waals surface area (Å²) in [6, 6.07) is 3.83. The third-order valence-corrected chi connectivity index (χ3v) is 4.22. The molecule has 0 saturated carbocycles. The number of aromatic nitrogens is 3. The molecule has 0 saturated heterocycles. The Morgan fingerprint density at radius 2 is 2.10 bits per heavy atom. The molecule has 2 aromatic heterocycles. The number of nitrogens with zero attached hydrogens (tertiary/aromatic N) is 3. The van der Waals surface area contributed by atoms with Gasteiger partial charge >= 0.3 is 0 Å². The highest BCUT2D eigenvalue weighted by molar-refractivity contribution is 9.10. The molecule has 0 fully saturated rings. The van der Waals surface area contributed by atoms with Crippen LogP contribution in [0, 0.1) is 0 Å². The molecule has 5 nitrogen and oxygen atoms in total. The van der Waals surface area contributed by atoms with Crippen molar-refractivity contribution in [2.45, 2.75) is 16.7 Å². The van der Waals surface area contributed by atoms with Gasteiger partial charge < -0.3 is 10.1 Å². The van der Waals surface area contributed by atoms with Crippen molar-refractivity contribution in [3.05, 3.63) is 40.8 Å². The molecule has 0 aliphatic heterocycles. The second-order valence-electron chi connectivity index (χ2n) is 3.94. The first-order valence-electron chi connectivity index (χ1n) is 6.08. The van der Waals surface area contributed by atoms with E-state index in [4.69, 9.17) is 4.74 Å². The van der Waals surface area contributed by atoms with Crippen molar-refractivity contribution in [3.8, 4) is 0 Å². The van der Waals surface area contributed by atoms with E-state index in [0.29, 0.717) is 11.8 Å². The Labute approximate surface area is 130 Å². The lowest BCUT2D eigenvalue weighted by atomic mass is 10.3. The van der Waals surface area contributed by atoms with Crippen LogP contribution in [0.4, 0.5) is 0 Å². The minimum Gasteiger partial charge on any atom is -0.383 e. The quantitative estimate of drug-likeness (QED) is 0.608. The molecule has 0 aliphatic rings. The highest BCUT2D eigenvalue weighted by Gasteiger charge is 2.05. The van der Waals surface area contributed by atoms with E-state index in [1.54, 1.807) is 13.3 Å². The monoisotopic (exact) mass is 354 g/mol. The summed E-state index contributed by atoms with van der Waals surface area (Å²) in [6.07, 6.45) is 5.40. The first kappa shape index (κ1) is 15.4. The Hall–Kier alpha value is -1.02. The number of ether oxygens (including phenoxy) is 1. The summed E-state index contributed by atoms with van der Waals surface area (Å²) in [6.45, 7) is 2.25. The molecule has 0 aliphatic carbocycles. The minimum atomic E-state index is 0.685. The molecule has 7 heteroatoms. The average Bonchev–Trinajstić information content (AvgIpc) is 2.48. The second kappa shape index (κ2) is 8.31. The maximum Gasteiger partial charge on any atom is 0.193 e. The van der Waals surface area contributed by atoms with E-state index in [1.807, 2.05) is 24.5 Å². The first-order chi connectivity index (χ1) is 9.79. The molecule has 0 bridgehead atoms. The number of rotatable bonds is 7. The van der Waals surface area contributed by atoms with Crippen LogP contribution in [0.5, 0.6) is 0 Å². The van der Waals surface area contributed by atoms with Crippen LogP contribution in [-0.4, -0.2) is 35.2 Å². The van der Waals surface area contributed by atoms with Gasteiger partial charge in [0.2, 0.25) is 0 Å². The lowest BCUT2D eigenvalue weighted by molar-refractivity contribution is 0.199.